The lowest BCUT2D eigenvalue weighted by Gasteiger charge is -2.11. The first-order chi connectivity index (χ1) is 8.18. The molecule has 1 N–H and O–H groups in total. The van der Waals surface area contributed by atoms with Gasteiger partial charge in [-0.15, -0.1) is 0 Å². The number of halogens is 3. The summed E-state index contributed by atoms with van der Waals surface area (Å²) in [4.78, 5) is 0. The fourth-order valence-corrected chi connectivity index (χ4v) is 2.45. The van der Waals surface area contributed by atoms with Crippen LogP contribution < -0.4 is 5.32 Å². The molecule has 0 aliphatic rings. The molecule has 88 valence electrons. The van der Waals surface area contributed by atoms with Crippen molar-refractivity contribution in [2.45, 2.75) is 6.54 Å². The Balaban J connectivity index is 2.16. The van der Waals surface area contributed by atoms with E-state index in [9.17, 15) is 0 Å². The van der Waals surface area contributed by atoms with E-state index < -0.39 is 0 Å². The molecular formula is C13H10BrCl2N. The zero-order chi connectivity index (χ0) is 12.3. The van der Waals surface area contributed by atoms with Gasteiger partial charge >= 0.3 is 0 Å². The van der Waals surface area contributed by atoms with Gasteiger partial charge in [-0.1, -0.05) is 41.4 Å². The fourth-order valence-electron chi connectivity index (χ4n) is 1.49. The molecule has 0 aromatic heterocycles. The number of benzene rings is 2. The number of nitrogens with one attached hydrogen (secondary N) is 1. The third-order valence-corrected chi connectivity index (χ3v) is 3.79. The molecule has 0 amide bonds. The quantitative estimate of drug-likeness (QED) is 0.797. The van der Waals surface area contributed by atoms with Gasteiger partial charge in [-0.05, 0) is 40.2 Å². The molecule has 4 heteroatoms. The monoisotopic (exact) mass is 329 g/mol. The Kier molecular flexibility index (Phi) is 4.32. The van der Waals surface area contributed by atoms with E-state index in [1.807, 2.05) is 42.5 Å². The smallest absolute Gasteiger partial charge is 0.0487 e. The number of anilines is 1. The molecule has 0 heterocycles. The number of hydrogen-bond acceptors (Lipinski definition) is 1. The molecule has 0 radical (unpaired) electrons. The van der Waals surface area contributed by atoms with Crippen LogP contribution in [0.4, 0.5) is 5.69 Å². The number of para-hydroxylation sites is 1. The summed E-state index contributed by atoms with van der Waals surface area (Å²) >= 11 is 15.7. The van der Waals surface area contributed by atoms with Gasteiger partial charge in [0.25, 0.3) is 0 Å². The second kappa shape index (κ2) is 5.76. The Bertz CT molecular complexity index is 508. The van der Waals surface area contributed by atoms with Gasteiger partial charge in [0.05, 0.1) is 0 Å². The second-order valence-electron chi connectivity index (χ2n) is 3.53. The van der Waals surface area contributed by atoms with E-state index in [1.54, 1.807) is 0 Å². The van der Waals surface area contributed by atoms with Crippen LogP contribution in [0.15, 0.2) is 46.9 Å². The Hall–Kier alpha value is -0.700. The zero-order valence-corrected chi connectivity index (χ0v) is 12.0. The van der Waals surface area contributed by atoms with Gasteiger partial charge < -0.3 is 5.32 Å². The maximum atomic E-state index is 6.10. The van der Waals surface area contributed by atoms with Crippen LogP contribution in [0.3, 0.4) is 0 Å². The van der Waals surface area contributed by atoms with Crippen molar-refractivity contribution in [2.24, 2.45) is 0 Å². The molecule has 2 aromatic carbocycles. The van der Waals surface area contributed by atoms with Gasteiger partial charge in [0, 0.05) is 32.3 Å². The summed E-state index contributed by atoms with van der Waals surface area (Å²) in [5, 5.41) is 4.65. The van der Waals surface area contributed by atoms with Gasteiger partial charge in [-0.25, -0.2) is 0 Å². The van der Waals surface area contributed by atoms with Crippen LogP contribution in [0.1, 0.15) is 5.56 Å². The minimum atomic E-state index is 0.598. The van der Waals surface area contributed by atoms with E-state index in [0.717, 1.165) is 15.7 Å². The molecule has 0 fully saturated rings. The second-order valence-corrected chi connectivity index (χ2v) is 5.20. The summed E-state index contributed by atoms with van der Waals surface area (Å²) in [7, 11) is 0. The van der Waals surface area contributed by atoms with Gasteiger partial charge in [0.1, 0.15) is 0 Å². The topological polar surface area (TPSA) is 12.0 Å². The van der Waals surface area contributed by atoms with Crippen molar-refractivity contribution in [2.75, 3.05) is 5.32 Å². The highest BCUT2D eigenvalue weighted by atomic mass is 79.9. The highest BCUT2D eigenvalue weighted by Crippen LogP contribution is 2.27. The molecule has 0 aliphatic carbocycles. The lowest BCUT2D eigenvalue weighted by molar-refractivity contribution is 1.15. The summed E-state index contributed by atoms with van der Waals surface area (Å²) in [6.45, 7) is 0.598. The van der Waals surface area contributed by atoms with E-state index in [1.165, 1.54) is 0 Å². The lowest BCUT2D eigenvalue weighted by atomic mass is 10.2. The first-order valence-corrected chi connectivity index (χ1v) is 6.64. The number of hydrogen-bond donors (Lipinski definition) is 1. The van der Waals surface area contributed by atoms with Crippen molar-refractivity contribution in [1.29, 1.82) is 0 Å². The maximum Gasteiger partial charge on any atom is 0.0487 e. The maximum absolute atomic E-state index is 6.10. The van der Waals surface area contributed by atoms with E-state index in [2.05, 4.69) is 21.2 Å². The number of rotatable bonds is 3. The third-order valence-electron chi connectivity index (χ3n) is 2.39. The minimum Gasteiger partial charge on any atom is -0.380 e. The molecule has 0 saturated heterocycles. The minimum absolute atomic E-state index is 0.598. The third kappa shape index (κ3) is 3.15. The summed E-state index contributed by atoms with van der Waals surface area (Å²) in [6.07, 6.45) is 0. The predicted molar refractivity (Wildman–Crippen MR) is 77.9 cm³/mol. The zero-order valence-electron chi connectivity index (χ0n) is 8.88. The van der Waals surface area contributed by atoms with Gasteiger partial charge in [-0.2, -0.15) is 0 Å². The summed E-state index contributed by atoms with van der Waals surface area (Å²) < 4.78 is 1.02. The van der Waals surface area contributed by atoms with E-state index in [-0.39, 0.29) is 0 Å². The van der Waals surface area contributed by atoms with Crippen LogP contribution in [0.5, 0.6) is 0 Å². The van der Waals surface area contributed by atoms with Crippen molar-refractivity contribution >= 4 is 44.8 Å². The van der Waals surface area contributed by atoms with Crippen molar-refractivity contribution in [3.63, 3.8) is 0 Å². The Morgan fingerprint density at radius 2 is 1.59 bits per heavy atom. The Morgan fingerprint density at radius 1 is 0.941 bits per heavy atom. The normalized spacial score (nSPS) is 10.3. The van der Waals surface area contributed by atoms with E-state index in [4.69, 9.17) is 23.2 Å². The molecular weight excluding hydrogens is 321 g/mol. The Morgan fingerprint density at radius 3 is 2.24 bits per heavy atom. The van der Waals surface area contributed by atoms with Crippen molar-refractivity contribution in [1.82, 2.24) is 0 Å². The van der Waals surface area contributed by atoms with Crippen LogP contribution in [0.25, 0.3) is 0 Å². The first kappa shape index (κ1) is 12.7. The molecule has 0 saturated carbocycles. The van der Waals surface area contributed by atoms with E-state index >= 15 is 0 Å². The summed E-state index contributed by atoms with van der Waals surface area (Å²) in [5.74, 6) is 0. The fraction of sp³-hybridized carbons (Fsp3) is 0.0769. The van der Waals surface area contributed by atoms with Crippen molar-refractivity contribution in [3.8, 4) is 0 Å². The average molecular weight is 331 g/mol. The first-order valence-electron chi connectivity index (χ1n) is 5.10. The molecule has 0 bridgehead atoms. The van der Waals surface area contributed by atoms with E-state index in [0.29, 0.717) is 16.6 Å². The van der Waals surface area contributed by atoms with Gasteiger partial charge in [0.2, 0.25) is 0 Å². The molecule has 2 rings (SSSR count). The van der Waals surface area contributed by atoms with Crippen LogP contribution in [-0.4, -0.2) is 0 Å². The molecule has 1 nitrogen and oxygen atoms in total. The molecule has 0 atom stereocenters. The SMILES string of the molecule is Clc1cccc(Cl)c1CNc1ccccc1Br. The van der Waals surface area contributed by atoms with Crippen LogP contribution >= 0.6 is 39.1 Å². The average Bonchev–Trinajstić information content (AvgIpc) is 2.30. The molecule has 0 spiro atoms. The van der Waals surface area contributed by atoms with Crippen molar-refractivity contribution < 1.29 is 0 Å². The van der Waals surface area contributed by atoms with Gasteiger partial charge in [-0.3, -0.25) is 0 Å². The summed E-state index contributed by atoms with van der Waals surface area (Å²) in [5.41, 5.74) is 1.93. The highest BCUT2D eigenvalue weighted by Gasteiger charge is 2.05. The molecule has 2 aromatic rings. The molecule has 17 heavy (non-hydrogen) atoms. The van der Waals surface area contributed by atoms with Crippen LogP contribution in [-0.2, 0) is 6.54 Å². The standard InChI is InChI=1S/C13H10BrCl2N/c14-10-4-1-2-7-13(10)17-8-9-11(15)5-3-6-12(9)16/h1-7,17H,8H2. The lowest BCUT2D eigenvalue weighted by Crippen LogP contribution is -2.01. The van der Waals surface area contributed by atoms with Gasteiger partial charge in [0.15, 0.2) is 0 Å². The largest absolute Gasteiger partial charge is 0.380 e. The summed E-state index contributed by atoms with van der Waals surface area (Å²) in [6, 6.07) is 13.4. The van der Waals surface area contributed by atoms with Crippen LogP contribution in [0.2, 0.25) is 10.0 Å². The van der Waals surface area contributed by atoms with Crippen molar-refractivity contribution in [3.05, 3.63) is 62.5 Å². The molecule has 0 unspecified atom stereocenters. The highest BCUT2D eigenvalue weighted by molar-refractivity contribution is 9.10. The predicted octanol–water partition coefficient (Wildman–Crippen LogP) is 5.37. The van der Waals surface area contributed by atoms with Crippen LogP contribution in [0, 0.1) is 0 Å². The Labute approximate surface area is 119 Å². The molecule has 0 aliphatic heterocycles.